The summed E-state index contributed by atoms with van der Waals surface area (Å²) in [5.41, 5.74) is -1.10. The Kier molecular flexibility index (Phi) is 11.1. The predicted molar refractivity (Wildman–Crippen MR) is 193 cm³/mol. The van der Waals surface area contributed by atoms with E-state index in [4.69, 9.17) is 33.2 Å². The van der Waals surface area contributed by atoms with E-state index in [1.165, 1.54) is 0 Å². The summed E-state index contributed by atoms with van der Waals surface area (Å²) in [7, 11) is 0. The van der Waals surface area contributed by atoms with Crippen LogP contribution in [-0.4, -0.2) is 135 Å². The SMILES string of the molecule is CC1OC(OC2C(O)CC(OC3C(O)CC(OC4CCC5(C)C(CCC6C5CCC5(C)C(C7=CCOC7=O)C(O)CC65O)C4)OC3C)OC2C)CC(O)C1O. The van der Waals surface area contributed by atoms with Crippen LogP contribution in [0.15, 0.2) is 11.6 Å². The molecule has 21 atom stereocenters. The summed E-state index contributed by atoms with van der Waals surface area (Å²) in [4.78, 5) is 12.6. The van der Waals surface area contributed by atoms with Crippen LogP contribution < -0.4 is 0 Å². The summed E-state index contributed by atoms with van der Waals surface area (Å²) < 4.78 is 42.1. The third kappa shape index (κ3) is 6.95. The van der Waals surface area contributed by atoms with Gasteiger partial charge in [-0.05, 0) is 95.0 Å². The molecule has 0 radical (unpaired) electrons. The number of esters is 1. The van der Waals surface area contributed by atoms with E-state index >= 15 is 0 Å². The number of hydrogen-bond donors (Lipinski definition) is 6. The van der Waals surface area contributed by atoms with E-state index in [0.717, 1.165) is 44.9 Å². The van der Waals surface area contributed by atoms with E-state index in [9.17, 15) is 35.4 Å². The summed E-state index contributed by atoms with van der Waals surface area (Å²) >= 11 is 0. The van der Waals surface area contributed by atoms with Gasteiger partial charge in [0.2, 0.25) is 0 Å². The summed E-state index contributed by atoms with van der Waals surface area (Å²) in [6.45, 7) is 9.96. The molecule has 4 saturated carbocycles. The second kappa shape index (κ2) is 15.1. The molecule has 0 aromatic carbocycles. The smallest absolute Gasteiger partial charge is 0.334 e. The molecule has 55 heavy (non-hydrogen) atoms. The second-order valence-corrected chi connectivity index (χ2v) is 18.8. The molecule has 4 heterocycles. The lowest BCUT2D eigenvalue weighted by Gasteiger charge is -2.63. The largest absolute Gasteiger partial charge is 0.458 e. The molecule has 0 aromatic heterocycles. The van der Waals surface area contributed by atoms with Crippen LogP contribution in [0.2, 0.25) is 0 Å². The molecule has 21 unspecified atom stereocenters. The maximum absolute atomic E-state index is 12.6. The molecular weight excluding hydrogens is 716 g/mol. The molecule has 0 bridgehead atoms. The number of ether oxygens (including phenoxy) is 7. The van der Waals surface area contributed by atoms with Crippen molar-refractivity contribution in [2.75, 3.05) is 6.61 Å². The lowest BCUT2D eigenvalue weighted by Crippen LogP contribution is -2.62. The molecule has 6 N–H and O–H groups in total. The number of rotatable bonds is 7. The molecule has 14 heteroatoms. The molecule has 0 amide bonds. The standard InChI is InChI=1S/C41H64O14/c1-19-35(46)27(42)15-32(50-19)54-37-21(3)52-33(17-29(37)44)55-36-20(2)51-31(16-28(36)43)53-23-8-11-39(4)22(14-23)6-7-26-25(39)9-12-40(5)34(24-10-13-49-38(24)47)30(45)18-41(26,40)48/h10,19-23,25-37,42-46,48H,6-9,11-18H2,1-5H3. The molecule has 8 rings (SSSR count). The van der Waals surface area contributed by atoms with Crippen LogP contribution in [0.5, 0.6) is 0 Å². The summed E-state index contributed by atoms with van der Waals surface area (Å²) in [5.74, 6) is -0.0177. The molecule has 4 aliphatic carbocycles. The Morgan fingerprint density at radius 3 is 1.87 bits per heavy atom. The zero-order valence-corrected chi connectivity index (χ0v) is 32.9. The fourth-order valence-corrected chi connectivity index (χ4v) is 12.8. The quantitative estimate of drug-likeness (QED) is 0.162. The van der Waals surface area contributed by atoms with Gasteiger partial charge in [0, 0.05) is 42.6 Å². The highest BCUT2D eigenvalue weighted by Crippen LogP contribution is 2.70. The van der Waals surface area contributed by atoms with Gasteiger partial charge in [0.05, 0.1) is 54.4 Å². The van der Waals surface area contributed by atoms with E-state index < -0.39 is 96.8 Å². The normalized spacial score (nSPS) is 55.5. The number of hydrogen-bond acceptors (Lipinski definition) is 14. The van der Waals surface area contributed by atoms with Gasteiger partial charge in [-0.2, -0.15) is 0 Å². The van der Waals surface area contributed by atoms with Crippen LogP contribution in [0, 0.1) is 34.5 Å². The van der Waals surface area contributed by atoms with Crippen LogP contribution in [0.3, 0.4) is 0 Å². The Balaban J connectivity index is 0.835. The van der Waals surface area contributed by atoms with Gasteiger partial charge in [-0.1, -0.05) is 13.8 Å². The Morgan fingerprint density at radius 2 is 1.29 bits per heavy atom. The zero-order valence-electron chi connectivity index (χ0n) is 32.9. The summed E-state index contributed by atoms with van der Waals surface area (Å²) in [6, 6.07) is 0. The Hall–Kier alpha value is -1.27. The average molecular weight is 781 g/mol. The third-order valence-corrected chi connectivity index (χ3v) is 15.8. The number of aliphatic hydroxyl groups is 6. The number of carbonyl (C=O) groups excluding carboxylic acids is 1. The fourth-order valence-electron chi connectivity index (χ4n) is 12.8. The average Bonchev–Trinajstić information content (AvgIpc) is 3.62. The van der Waals surface area contributed by atoms with Crippen molar-refractivity contribution in [2.24, 2.45) is 34.5 Å². The molecular formula is C41H64O14. The van der Waals surface area contributed by atoms with Gasteiger partial charge < -0.3 is 63.8 Å². The maximum atomic E-state index is 12.6. The second-order valence-electron chi connectivity index (χ2n) is 18.8. The highest BCUT2D eigenvalue weighted by atomic mass is 16.7. The van der Waals surface area contributed by atoms with Gasteiger partial charge in [-0.15, -0.1) is 0 Å². The first-order valence-electron chi connectivity index (χ1n) is 20.9. The van der Waals surface area contributed by atoms with Crippen molar-refractivity contribution in [3.63, 3.8) is 0 Å². The van der Waals surface area contributed by atoms with Crippen molar-refractivity contribution in [1.29, 1.82) is 0 Å². The lowest BCUT2D eigenvalue weighted by molar-refractivity contribution is -0.336. The van der Waals surface area contributed by atoms with Crippen molar-refractivity contribution < 1.29 is 68.6 Å². The van der Waals surface area contributed by atoms with Crippen LogP contribution in [0.25, 0.3) is 0 Å². The minimum atomic E-state index is -1.06. The minimum Gasteiger partial charge on any atom is -0.458 e. The van der Waals surface area contributed by atoms with Gasteiger partial charge in [0.1, 0.15) is 24.9 Å². The van der Waals surface area contributed by atoms with E-state index in [-0.39, 0.29) is 55.7 Å². The monoisotopic (exact) mass is 780 g/mol. The maximum Gasteiger partial charge on any atom is 0.334 e. The molecule has 0 spiro atoms. The number of cyclic esters (lactones) is 1. The van der Waals surface area contributed by atoms with Gasteiger partial charge in [-0.3, -0.25) is 0 Å². The molecule has 7 fully saturated rings. The first kappa shape index (κ1) is 40.5. The third-order valence-electron chi connectivity index (χ3n) is 15.8. The molecule has 8 aliphatic rings. The Morgan fingerprint density at radius 1 is 0.691 bits per heavy atom. The zero-order chi connectivity index (χ0) is 39.2. The summed E-state index contributed by atoms with van der Waals surface area (Å²) in [5, 5.41) is 66.3. The molecule has 3 saturated heterocycles. The van der Waals surface area contributed by atoms with E-state index in [2.05, 4.69) is 13.8 Å². The fraction of sp³-hybridized carbons (Fsp3) is 0.927. The predicted octanol–water partition coefficient (Wildman–Crippen LogP) is 2.22. The Labute approximate surface area is 323 Å². The highest BCUT2D eigenvalue weighted by molar-refractivity contribution is 5.91. The van der Waals surface area contributed by atoms with Crippen LogP contribution in [0.1, 0.15) is 105 Å². The van der Waals surface area contributed by atoms with Gasteiger partial charge in [0.15, 0.2) is 18.9 Å². The summed E-state index contributed by atoms with van der Waals surface area (Å²) in [6.07, 6.45) is -1.27. The molecule has 14 nitrogen and oxygen atoms in total. The van der Waals surface area contributed by atoms with E-state index in [1.54, 1.807) is 19.9 Å². The first-order valence-corrected chi connectivity index (χ1v) is 20.9. The molecule has 312 valence electrons. The van der Waals surface area contributed by atoms with Crippen LogP contribution in [-0.2, 0) is 38.0 Å². The minimum absolute atomic E-state index is 0.0188. The first-order chi connectivity index (χ1) is 26.0. The van der Waals surface area contributed by atoms with Crippen molar-refractivity contribution in [2.45, 2.75) is 197 Å². The molecule has 4 aliphatic heterocycles. The highest BCUT2D eigenvalue weighted by Gasteiger charge is 2.70. The van der Waals surface area contributed by atoms with Crippen molar-refractivity contribution >= 4 is 5.97 Å². The van der Waals surface area contributed by atoms with Gasteiger partial charge in [0.25, 0.3) is 0 Å². The number of carbonyl (C=O) groups is 1. The van der Waals surface area contributed by atoms with Crippen molar-refractivity contribution in [1.82, 2.24) is 0 Å². The molecule has 0 aromatic rings. The van der Waals surface area contributed by atoms with Gasteiger partial charge >= 0.3 is 5.97 Å². The van der Waals surface area contributed by atoms with E-state index in [0.29, 0.717) is 17.4 Å². The lowest BCUT2D eigenvalue weighted by atomic mass is 9.43. The van der Waals surface area contributed by atoms with Gasteiger partial charge in [-0.25, -0.2) is 4.79 Å². The topological polar surface area (TPSA) is 203 Å². The number of aliphatic hydroxyl groups excluding tert-OH is 5. The van der Waals surface area contributed by atoms with Crippen LogP contribution >= 0.6 is 0 Å². The van der Waals surface area contributed by atoms with Crippen LogP contribution in [0.4, 0.5) is 0 Å². The Bertz CT molecular complexity index is 1410. The van der Waals surface area contributed by atoms with E-state index in [1.807, 2.05) is 6.92 Å². The van der Waals surface area contributed by atoms with Crippen molar-refractivity contribution in [3.8, 4) is 0 Å². The van der Waals surface area contributed by atoms with Crippen molar-refractivity contribution in [3.05, 3.63) is 11.6 Å². The number of fused-ring (bicyclic) bond motifs is 5.